The maximum atomic E-state index is 12.4. The summed E-state index contributed by atoms with van der Waals surface area (Å²) >= 11 is 0. The summed E-state index contributed by atoms with van der Waals surface area (Å²) in [7, 11) is 0. The monoisotopic (exact) mass is 285 g/mol. The van der Waals surface area contributed by atoms with E-state index in [4.69, 9.17) is 0 Å². The molecule has 1 aliphatic rings. The summed E-state index contributed by atoms with van der Waals surface area (Å²) < 4.78 is 1.64. The van der Waals surface area contributed by atoms with Crippen molar-refractivity contribution < 1.29 is 4.79 Å². The van der Waals surface area contributed by atoms with Crippen LogP contribution < -0.4 is 5.32 Å². The van der Waals surface area contributed by atoms with Crippen molar-refractivity contribution in [1.82, 2.24) is 25.0 Å². The van der Waals surface area contributed by atoms with Crippen LogP contribution in [0.25, 0.3) is 5.69 Å². The van der Waals surface area contributed by atoms with Gasteiger partial charge in [0.2, 0.25) is 5.82 Å². The van der Waals surface area contributed by atoms with E-state index in [1.807, 2.05) is 31.2 Å². The topological polar surface area (TPSA) is 63.1 Å². The third-order valence-corrected chi connectivity index (χ3v) is 3.61. The quantitative estimate of drug-likeness (QED) is 0.894. The Hall–Kier alpha value is -2.21. The van der Waals surface area contributed by atoms with Gasteiger partial charge in [0.05, 0.1) is 5.69 Å². The molecule has 1 unspecified atom stereocenters. The van der Waals surface area contributed by atoms with E-state index >= 15 is 0 Å². The van der Waals surface area contributed by atoms with E-state index in [1.54, 1.807) is 15.9 Å². The standard InChI is InChI=1S/C15H19N5O/c1-11-4-3-5-13(8-11)20-10-17-14(18-20)15(21)19-7-6-16-12(2)9-19/h3-5,8,10,12,16H,6-7,9H2,1-2H3. The van der Waals surface area contributed by atoms with Crippen molar-refractivity contribution >= 4 is 5.91 Å². The fourth-order valence-electron chi connectivity index (χ4n) is 2.51. The number of hydrogen-bond acceptors (Lipinski definition) is 4. The van der Waals surface area contributed by atoms with Crippen LogP contribution in [0.1, 0.15) is 23.1 Å². The minimum absolute atomic E-state index is 0.102. The lowest BCUT2D eigenvalue weighted by Crippen LogP contribution is -2.51. The zero-order chi connectivity index (χ0) is 14.8. The summed E-state index contributed by atoms with van der Waals surface area (Å²) in [6.07, 6.45) is 1.59. The van der Waals surface area contributed by atoms with E-state index in [0.29, 0.717) is 19.1 Å². The molecule has 6 heteroatoms. The molecule has 1 amide bonds. The minimum Gasteiger partial charge on any atom is -0.333 e. The SMILES string of the molecule is Cc1cccc(-n2cnc(C(=O)N3CCNC(C)C3)n2)c1. The second kappa shape index (κ2) is 5.65. The summed E-state index contributed by atoms with van der Waals surface area (Å²) in [5.41, 5.74) is 2.06. The Kier molecular flexibility index (Phi) is 3.70. The zero-order valence-corrected chi connectivity index (χ0v) is 12.3. The number of rotatable bonds is 2. The maximum absolute atomic E-state index is 12.4. The van der Waals surface area contributed by atoms with Gasteiger partial charge in [0.1, 0.15) is 6.33 Å². The van der Waals surface area contributed by atoms with E-state index in [-0.39, 0.29) is 11.7 Å². The predicted octanol–water partition coefficient (Wildman–Crippen LogP) is 1.01. The number of benzene rings is 1. The number of aromatic nitrogens is 3. The molecule has 2 heterocycles. The molecule has 0 saturated carbocycles. The van der Waals surface area contributed by atoms with Crippen molar-refractivity contribution in [2.24, 2.45) is 0 Å². The first-order valence-corrected chi connectivity index (χ1v) is 7.15. The first-order chi connectivity index (χ1) is 10.1. The normalized spacial score (nSPS) is 18.8. The van der Waals surface area contributed by atoms with Gasteiger partial charge in [0.15, 0.2) is 0 Å². The predicted molar refractivity (Wildman–Crippen MR) is 79.5 cm³/mol. The number of amides is 1. The van der Waals surface area contributed by atoms with Gasteiger partial charge in [-0.15, -0.1) is 5.10 Å². The highest BCUT2D eigenvalue weighted by Gasteiger charge is 2.24. The Bertz CT molecular complexity index is 651. The van der Waals surface area contributed by atoms with Crippen LogP contribution in [-0.2, 0) is 0 Å². The Morgan fingerprint density at radius 2 is 2.29 bits per heavy atom. The molecule has 1 aromatic heterocycles. The molecule has 1 saturated heterocycles. The molecular weight excluding hydrogens is 266 g/mol. The van der Waals surface area contributed by atoms with Crippen LogP contribution in [0.5, 0.6) is 0 Å². The molecule has 110 valence electrons. The molecule has 6 nitrogen and oxygen atoms in total. The molecule has 0 spiro atoms. The van der Waals surface area contributed by atoms with E-state index in [2.05, 4.69) is 22.3 Å². The molecule has 1 atom stereocenters. The van der Waals surface area contributed by atoms with Crippen LogP contribution in [0.2, 0.25) is 0 Å². The van der Waals surface area contributed by atoms with E-state index in [0.717, 1.165) is 17.8 Å². The van der Waals surface area contributed by atoms with Crippen LogP contribution in [-0.4, -0.2) is 51.2 Å². The Morgan fingerprint density at radius 1 is 1.43 bits per heavy atom. The second-order valence-corrected chi connectivity index (χ2v) is 5.46. The highest BCUT2D eigenvalue weighted by molar-refractivity contribution is 5.90. The zero-order valence-electron chi connectivity index (χ0n) is 12.3. The van der Waals surface area contributed by atoms with Gasteiger partial charge in [-0.2, -0.15) is 0 Å². The summed E-state index contributed by atoms with van der Waals surface area (Å²) in [6, 6.07) is 8.25. The van der Waals surface area contributed by atoms with Crippen LogP contribution in [0.4, 0.5) is 0 Å². The molecule has 0 radical (unpaired) electrons. The smallest absolute Gasteiger partial charge is 0.293 e. The van der Waals surface area contributed by atoms with Gasteiger partial charge in [0.25, 0.3) is 5.91 Å². The molecule has 3 rings (SSSR count). The molecule has 1 aliphatic heterocycles. The molecule has 1 N–H and O–H groups in total. The number of carbonyl (C=O) groups is 1. The Morgan fingerprint density at radius 3 is 3.05 bits per heavy atom. The number of aryl methyl sites for hydroxylation is 1. The summed E-state index contributed by atoms with van der Waals surface area (Å²) in [5, 5.41) is 7.63. The van der Waals surface area contributed by atoms with Gasteiger partial charge in [-0.05, 0) is 31.5 Å². The van der Waals surface area contributed by atoms with E-state index in [9.17, 15) is 4.79 Å². The summed E-state index contributed by atoms with van der Waals surface area (Å²) in [6.45, 7) is 6.29. The van der Waals surface area contributed by atoms with Crippen LogP contribution in [0, 0.1) is 6.92 Å². The molecule has 0 aliphatic carbocycles. The number of piperazine rings is 1. The lowest BCUT2D eigenvalue weighted by atomic mass is 10.2. The number of nitrogens with one attached hydrogen (secondary N) is 1. The first kappa shape index (κ1) is 13.8. The number of nitrogens with zero attached hydrogens (tertiary/aromatic N) is 4. The van der Waals surface area contributed by atoms with Crippen molar-refractivity contribution in [3.8, 4) is 5.69 Å². The Balaban J connectivity index is 1.80. The minimum atomic E-state index is -0.102. The maximum Gasteiger partial charge on any atom is 0.293 e. The van der Waals surface area contributed by atoms with Gasteiger partial charge in [-0.1, -0.05) is 12.1 Å². The van der Waals surface area contributed by atoms with E-state index < -0.39 is 0 Å². The van der Waals surface area contributed by atoms with Crippen LogP contribution in [0.3, 0.4) is 0 Å². The van der Waals surface area contributed by atoms with Gasteiger partial charge in [-0.25, -0.2) is 9.67 Å². The largest absolute Gasteiger partial charge is 0.333 e. The lowest BCUT2D eigenvalue weighted by molar-refractivity contribution is 0.0697. The highest BCUT2D eigenvalue weighted by atomic mass is 16.2. The molecule has 1 fully saturated rings. The van der Waals surface area contributed by atoms with Crippen LogP contribution in [0.15, 0.2) is 30.6 Å². The van der Waals surface area contributed by atoms with E-state index in [1.165, 1.54) is 0 Å². The molecule has 2 aromatic rings. The van der Waals surface area contributed by atoms with Crippen molar-refractivity contribution in [3.63, 3.8) is 0 Å². The van der Waals surface area contributed by atoms with Gasteiger partial charge >= 0.3 is 0 Å². The summed E-state index contributed by atoms with van der Waals surface area (Å²) in [5.74, 6) is 0.153. The molecule has 21 heavy (non-hydrogen) atoms. The van der Waals surface area contributed by atoms with Crippen molar-refractivity contribution in [2.75, 3.05) is 19.6 Å². The third-order valence-electron chi connectivity index (χ3n) is 3.61. The average Bonchev–Trinajstić information content (AvgIpc) is 2.96. The Labute approximate surface area is 123 Å². The fraction of sp³-hybridized carbons (Fsp3) is 0.400. The molecular formula is C15H19N5O. The van der Waals surface area contributed by atoms with Gasteiger partial charge in [-0.3, -0.25) is 4.79 Å². The summed E-state index contributed by atoms with van der Waals surface area (Å²) in [4.78, 5) is 18.4. The third kappa shape index (κ3) is 2.95. The van der Waals surface area contributed by atoms with Crippen molar-refractivity contribution in [2.45, 2.75) is 19.9 Å². The number of hydrogen-bond donors (Lipinski definition) is 1. The second-order valence-electron chi connectivity index (χ2n) is 5.46. The van der Waals surface area contributed by atoms with Gasteiger partial charge in [0, 0.05) is 25.7 Å². The van der Waals surface area contributed by atoms with Crippen LogP contribution >= 0.6 is 0 Å². The lowest BCUT2D eigenvalue weighted by Gasteiger charge is -2.30. The van der Waals surface area contributed by atoms with Crippen molar-refractivity contribution in [1.29, 1.82) is 0 Å². The first-order valence-electron chi connectivity index (χ1n) is 7.15. The average molecular weight is 285 g/mol. The fourth-order valence-corrected chi connectivity index (χ4v) is 2.51. The van der Waals surface area contributed by atoms with Gasteiger partial charge < -0.3 is 10.2 Å². The number of carbonyl (C=O) groups excluding carboxylic acids is 1. The van der Waals surface area contributed by atoms with Crippen molar-refractivity contribution in [3.05, 3.63) is 42.0 Å². The molecule has 1 aromatic carbocycles. The highest BCUT2D eigenvalue weighted by Crippen LogP contribution is 2.10. The molecule has 0 bridgehead atoms.